The Labute approximate surface area is 96.8 Å². The molecular formula is C9H14BrN3O2. The highest BCUT2D eigenvalue weighted by Crippen LogP contribution is 2.10. The monoisotopic (exact) mass is 275 g/mol. The second-order valence-corrected chi connectivity index (χ2v) is 4.07. The molecule has 84 valence electrons. The van der Waals surface area contributed by atoms with Crippen LogP contribution in [0.2, 0.25) is 0 Å². The lowest BCUT2D eigenvalue weighted by atomic mass is 10.2. The van der Waals surface area contributed by atoms with Crippen LogP contribution < -0.4 is 0 Å². The molecule has 0 saturated carbocycles. The Hall–Kier alpha value is -0.910. The number of imidazole rings is 1. The van der Waals surface area contributed by atoms with Crippen molar-refractivity contribution in [2.75, 3.05) is 5.33 Å². The summed E-state index contributed by atoms with van der Waals surface area (Å²) in [6.45, 7) is 0.679. The van der Waals surface area contributed by atoms with Gasteiger partial charge in [-0.2, -0.15) is 0 Å². The predicted octanol–water partition coefficient (Wildman–Crippen LogP) is 2.75. The molecular weight excluding hydrogens is 262 g/mol. The van der Waals surface area contributed by atoms with Gasteiger partial charge in [0.25, 0.3) is 0 Å². The van der Waals surface area contributed by atoms with Crippen LogP contribution in [0.15, 0.2) is 12.4 Å². The van der Waals surface area contributed by atoms with Gasteiger partial charge in [0.2, 0.25) is 0 Å². The van der Waals surface area contributed by atoms with Gasteiger partial charge in [-0.15, -0.1) is 0 Å². The normalized spacial score (nSPS) is 10.5. The Morgan fingerprint density at radius 2 is 2.13 bits per heavy atom. The van der Waals surface area contributed by atoms with Crippen LogP contribution >= 0.6 is 15.9 Å². The maximum atomic E-state index is 10.5. The maximum absolute atomic E-state index is 10.5. The van der Waals surface area contributed by atoms with Gasteiger partial charge in [0.15, 0.2) is 0 Å². The Bertz CT molecular complexity index is 314. The molecule has 0 bridgehead atoms. The van der Waals surface area contributed by atoms with Crippen molar-refractivity contribution in [1.29, 1.82) is 0 Å². The van der Waals surface area contributed by atoms with Crippen LogP contribution in [0, 0.1) is 10.1 Å². The molecule has 0 aliphatic carbocycles. The molecule has 0 spiro atoms. The molecule has 15 heavy (non-hydrogen) atoms. The van der Waals surface area contributed by atoms with Gasteiger partial charge in [-0.25, -0.2) is 4.57 Å². The summed E-state index contributed by atoms with van der Waals surface area (Å²) < 4.78 is 1.59. The van der Waals surface area contributed by atoms with Crippen molar-refractivity contribution in [1.82, 2.24) is 9.55 Å². The molecule has 0 aromatic carbocycles. The zero-order valence-corrected chi connectivity index (χ0v) is 10.0. The van der Waals surface area contributed by atoms with Crippen molar-refractivity contribution in [3.8, 4) is 0 Å². The van der Waals surface area contributed by atoms with Crippen LogP contribution in [0.5, 0.6) is 0 Å². The van der Waals surface area contributed by atoms with Crippen molar-refractivity contribution in [2.45, 2.75) is 32.2 Å². The van der Waals surface area contributed by atoms with Crippen LogP contribution in [-0.2, 0) is 6.54 Å². The summed E-state index contributed by atoms with van der Waals surface area (Å²) in [6, 6.07) is 0. The van der Waals surface area contributed by atoms with E-state index in [0.717, 1.165) is 31.0 Å². The fraction of sp³-hybridized carbons (Fsp3) is 0.667. The molecule has 0 aliphatic heterocycles. The van der Waals surface area contributed by atoms with Gasteiger partial charge < -0.3 is 10.1 Å². The van der Waals surface area contributed by atoms with E-state index in [1.165, 1.54) is 6.20 Å². The highest BCUT2D eigenvalue weighted by atomic mass is 79.9. The molecule has 0 atom stereocenters. The number of hydrogen-bond acceptors (Lipinski definition) is 3. The third kappa shape index (κ3) is 3.99. The second-order valence-electron chi connectivity index (χ2n) is 3.28. The standard InChI is InChI=1S/C9H14BrN3O2/c10-5-3-1-2-4-7-12-8-6-11-9(12)13(14)15/h6,8H,1-5,7H2. The lowest BCUT2D eigenvalue weighted by Crippen LogP contribution is -2.02. The van der Waals surface area contributed by atoms with Gasteiger partial charge >= 0.3 is 5.95 Å². The summed E-state index contributed by atoms with van der Waals surface area (Å²) >= 11 is 3.37. The predicted molar refractivity (Wildman–Crippen MR) is 61.1 cm³/mol. The molecule has 0 amide bonds. The maximum Gasteiger partial charge on any atom is 0.434 e. The molecule has 1 rings (SSSR count). The number of aryl methyl sites for hydroxylation is 1. The molecule has 0 aliphatic rings. The molecule has 1 aromatic rings. The number of alkyl halides is 1. The lowest BCUT2D eigenvalue weighted by Gasteiger charge is -2.01. The fourth-order valence-electron chi connectivity index (χ4n) is 1.38. The van der Waals surface area contributed by atoms with E-state index in [1.807, 2.05) is 0 Å². The van der Waals surface area contributed by atoms with E-state index in [4.69, 9.17) is 0 Å². The van der Waals surface area contributed by atoms with Gasteiger partial charge in [0.1, 0.15) is 12.4 Å². The van der Waals surface area contributed by atoms with E-state index in [2.05, 4.69) is 20.9 Å². The summed E-state index contributed by atoms with van der Waals surface area (Å²) in [7, 11) is 0. The van der Waals surface area contributed by atoms with Crippen LogP contribution in [-0.4, -0.2) is 19.8 Å². The molecule has 0 N–H and O–H groups in total. The smallest absolute Gasteiger partial charge is 0.390 e. The van der Waals surface area contributed by atoms with Gasteiger partial charge in [-0.3, -0.25) is 0 Å². The zero-order valence-electron chi connectivity index (χ0n) is 8.43. The van der Waals surface area contributed by atoms with Gasteiger partial charge in [0, 0.05) is 5.33 Å². The van der Waals surface area contributed by atoms with Gasteiger partial charge in [-0.1, -0.05) is 33.8 Å². The number of halogens is 1. The third-order valence-electron chi connectivity index (χ3n) is 2.14. The Balaban J connectivity index is 2.31. The average molecular weight is 276 g/mol. The summed E-state index contributed by atoms with van der Waals surface area (Å²) in [4.78, 5) is 13.8. The minimum Gasteiger partial charge on any atom is -0.390 e. The van der Waals surface area contributed by atoms with Crippen molar-refractivity contribution in [2.24, 2.45) is 0 Å². The first-order chi connectivity index (χ1) is 7.25. The number of hydrogen-bond donors (Lipinski definition) is 0. The molecule has 6 heteroatoms. The van der Waals surface area contributed by atoms with E-state index in [0.29, 0.717) is 6.54 Å². The molecule has 1 aromatic heterocycles. The largest absolute Gasteiger partial charge is 0.434 e. The van der Waals surface area contributed by atoms with Crippen molar-refractivity contribution in [3.63, 3.8) is 0 Å². The highest BCUT2D eigenvalue weighted by molar-refractivity contribution is 9.09. The molecule has 0 unspecified atom stereocenters. The first kappa shape index (κ1) is 12.2. The summed E-state index contributed by atoms with van der Waals surface area (Å²) in [5.41, 5.74) is 0. The molecule has 1 heterocycles. The second kappa shape index (κ2) is 6.55. The van der Waals surface area contributed by atoms with E-state index in [1.54, 1.807) is 10.8 Å². The number of nitro groups is 1. The Morgan fingerprint density at radius 3 is 2.80 bits per heavy atom. The topological polar surface area (TPSA) is 61.0 Å². The zero-order chi connectivity index (χ0) is 11.1. The van der Waals surface area contributed by atoms with Crippen LogP contribution in [0.3, 0.4) is 0 Å². The quantitative estimate of drug-likeness (QED) is 0.333. The fourth-order valence-corrected chi connectivity index (χ4v) is 1.77. The summed E-state index contributed by atoms with van der Waals surface area (Å²) in [5.74, 6) is -0.0597. The van der Waals surface area contributed by atoms with Crippen molar-refractivity contribution in [3.05, 3.63) is 22.5 Å². The Morgan fingerprint density at radius 1 is 1.40 bits per heavy atom. The molecule has 5 nitrogen and oxygen atoms in total. The van der Waals surface area contributed by atoms with Crippen LogP contribution in [0.25, 0.3) is 0 Å². The highest BCUT2D eigenvalue weighted by Gasteiger charge is 2.12. The van der Waals surface area contributed by atoms with E-state index in [-0.39, 0.29) is 5.95 Å². The van der Waals surface area contributed by atoms with Crippen LogP contribution in [0.1, 0.15) is 25.7 Å². The average Bonchev–Trinajstić information content (AvgIpc) is 2.66. The van der Waals surface area contributed by atoms with Crippen LogP contribution in [0.4, 0.5) is 5.95 Å². The van der Waals surface area contributed by atoms with Gasteiger partial charge in [0.05, 0.1) is 6.54 Å². The van der Waals surface area contributed by atoms with E-state index >= 15 is 0 Å². The number of nitrogens with zero attached hydrogens (tertiary/aromatic N) is 3. The minimum atomic E-state index is -0.446. The minimum absolute atomic E-state index is 0.0597. The lowest BCUT2D eigenvalue weighted by molar-refractivity contribution is -0.396. The molecule has 0 radical (unpaired) electrons. The first-order valence-electron chi connectivity index (χ1n) is 4.97. The Kier molecular flexibility index (Phi) is 5.31. The van der Waals surface area contributed by atoms with Crippen molar-refractivity contribution >= 4 is 21.9 Å². The number of rotatable bonds is 7. The third-order valence-corrected chi connectivity index (χ3v) is 2.70. The number of aromatic nitrogens is 2. The SMILES string of the molecule is O=[N+]([O-])c1nccn1CCCCCCBr. The van der Waals surface area contributed by atoms with Gasteiger partial charge in [-0.05, 0) is 17.8 Å². The molecule has 0 saturated heterocycles. The number of unbranched alkanes of at least 4 members (excludes halogenated alkanes) is 3. The van der Waals surface area contributed by atoms with Crippen molar-refractivity contribution < 1.29 is 4.92 Å². The van der Waals surface area contributed by atoms with E-state index < -0.39 is 4.92 Å². The molecule has 0 fully saturated rings. The summed E-state index contributed by atoms with van der Waals surface area (Å²) in [6.07, 6.45) is 7.50. The van der Waals surface area contributed by atoms with E-state index in [9.17, 15) is 10.1 Å². The first-order valence-corrected chi connectivity index (χ1v) is 6.09. The summed E-state index contributed by atoms with van der Waals surface area (Å²) in [5, 5.41) is 11.6.